The zero-order valence-electron chi connectivity index (χ0n) is 13.6. The van der Waals surface area contributed by atoms with E-state index in [1.165, 1.54) is 4.90 Å². The molecule has 3 rings (SSSR count). The summed E-state index contributed by atoms with van der Waals surface area (Å²) in [6, 6.07) is 5.16. The Morgan fingerprint density at radius 3 is 2.61 bits per heavy atom. The van der Waals surface area contributed by atoms with Crippen molar-refractivity contribution < 1.29 is 14.4 Å². The number of morpholine rings is 1. The van der Waals surface area contributed by atoms with Gasteiger partial charge in [0.2, 0.25) is 0 Å². The maximum atomic E-state index is 12.5. The molecular formula is C16H23N4O3+. The minimum absolute atomic E-state index is 0.0291. The average molecular weight is 319 g/mol. The number of anilines is 1. The highest BCUT2D eigenvalue weighted by atomic mass is 16.5. The smallest absolute Gasteiger partial charge is 0.323 e. The summed E-state index contributed by atoms with van der Waals surface area (Å²) >= 11 is 0. The molecule has 1 aliphatic heterocycles. The normalized spacial score (nSPS) is 26.1. The molecule has 0 spiro atoms. The number of benzene rings is 1. The summed E-state index contributed by atoms with van der Waals surface area (Å²) in [6.45, 7) is 7.66. The van der Waals surface area contributed by atoms with Gasteiger partial charge < -0.3 is 24.9 Å². The summed E-state index contributed by atoms with van der Waals surface area (Å²) in [5, 5.41) is 2.93. The van der Waals surface area contributed by atoms with E-state index in [2.05, 4.69) is 15.3 Å². The zero-order chi connectivity index (χ0) is 16.6. The Morgan fingerprint density at radius 2 is 1.91 bits per heavy atom. The number of hydrogen-bond acceptors (Lipinski definition) is 3. The topological polar surface area (TPSA) is 91.4 Å². The van der Waals surface area contributed by atoms with Crippen LogP contribution in [0.3, 0.4) is 0 Å². The molecule has 2 heterocycles. The molecule has 124 valence electrons. The van der Waals surface area contributed by atoms with Gasteiger partial charge in [0, 0.05) is 5.69 Å². The number of H-pyrrole nitrogens is 2. The van der Waals surface area contributed by atoms with Crippen LogP contribution in [0.25, 0.3) is 11.0 Å². The van der Waals surface area contributed by atoms with E-state index >= 15 is 0 Å². The number of aromatic amines is 2. The predicted octanol–water partition coefficient (Wildman–Crippen LogP) is -0.125. The van der Waals surface area contributed by atoms with E-state index in [1.54, 1.807) is 18.2 Å². The molecule has 2 aromatic rings. The lowest BCUT2D eigenvalue weighted by Crippen LogP contribution is -3.19. The lowest BCUT2D eigenvalue weighted by atomic mass is 10.1. The third-order valence-corrected chi connectivity index (χ3v) is 4.35. The maximum absolute atomic E-state index is 12.5. The number of aromatic nitrogens is 2. The van der Waals surface area contributed by atoms with Crippen molar-refractivity contribution >= 4 is 22.6 Å². The number of carbonyl (C=O) groups is 1. The molecule has 3 atom stereocenters. The Morgan fingerprint density at radius 1 is 1.26 bits per heavy atom. The van der Waals surface area contributed by atoms with Crippen LogP contribution in [0.4, 0.5) is 5.69 Å². The molecule has 1 aromatic heterocycles. The highest BCUT2D eigenvalue weighted by Crippen LogP contribution is 2.14. The number of rotatable bonds is 3. The molecule has 0 unspecified atom stereocenters. The summed E-state index contributed by atoms with van der Waals surface area (Å²) in [7, 11) is 0. The van der Waals surface area contributed by atoms with Crippen molar-refractivity contribution in [1.29, 1.82) is 0 Å². The first-order valence-corrected chi connectivity index (χ1v) is 7.95. The van der Waals surface area contributed by atoms with Crippen LogP contribution in [0.2, 0.25) is 0 Å². The SMILES string of the molecule is C[C@H]1C[NH+]([C@@H](C)C(=O)Nc2ccc3[nH]c(=O)[nH]c3c2)C[C@H](C)O1. The first-order chi connectivity index (χ1) is 10.9. The van der Waals surface area contributed by atoms with Crippen molar-refractivity contribution in [2.75, 3.05) is 18.4 Å². The molecule has 0 radical (unpaired) electrons. The van der Waals surface area contributed by atoms with Gasteiger partial charge >= 0.3 is 5.69 Å². The van der Waals surface area contributed by atoms with Crippen LogP contribution in [-0.2, 0) is 9.53 Å². The van der Waals surface area contributed by atoms with Gasteiger partial charge in [-0.2, -0.15) is 0 Å². The van der Waals surface area contributed by atoms with Crippen LogP contribution in [0.15, 0.2) is 23.0 Å². The van der Waals surface area contributed by atoms with Crippen molar-refractivity contribution in [2.45, 2.75) is 39.0 Å². The molecule has 0 bridgehead atoms. The third-order valence-electron chi connectivity index (χ3n) is 4.35. The number of amides is 1. The van der Waals surface area contributed by atoms with Crippen LogP contribution < -0.4 is 15.9 Å². The molecule has 1 aliphatic rings. The second-order valence-electron chi connectivity index (χ2n) is 6.37. The fraction of sp³-hybridized carbons (Fsp3) is 0.500. The minimum atomic E-state index is -0.252. The summed E-state index contributed by atoms with van der Waals surface area (Å²) in [5.41, 5.74) is 1.83. The van der Waals surface area contributed by atoms with Crippen molar-refractivity contribution in [1.82, 2.24) is 9.97 Å². The number of hydrogen-bond donors (Lipinski definition) is 4. The van der Waals surface area contributed by atoms with Gasteiger partial charge in [0.1, 0.15) is 25.3 Å². The first-order valence-electron chi connectivity index (χ1n) is 7.95. The molecule has 1 fully saturated rings. The molecule has 4 N–H and O–H groups in total. The molecule has 1 saturated heterocycles. The molecule has 1 aromatic carbocycles. The van der Waals surface area contributed by atoms with E-state index in [9.17, 15) is 9.59 Å². The maximum Gasteiger partial charge on any atom is 0.323 e. The van der Waals surface area contributed by atoms with Crippen LogP contribution in [0.5, 0.6) is 0 Å². The minimum Gasteiger partial charge on any atom is -0.364 e. The quantitative estimate of drug-likeness (QED) is 0.635. The number of ether oxygens (including phenoxy) is 1. The van der Waals surface area contributed by atoms with Crippen molar-refractivity contribution in [3.05, 3.63) is 28.7 Å². The number of nitrogens with one attached hydrogen (secondary N) is 4. The Hall–Kier alpha value is -2.12. The highest BCUT2D eigenvalue weighted by molar-refractivity contribution is 5.95. The van der Waals surface area contributed by atoms with Crippen molar-refractivity contribution in [2.24, 2.45) is 0 Å². The van der Waals surface area contributed by atoms with Gasteiger partial charge in [-0.1, -0.05) is 0 Å². The van der Waals surface area contributed by atoms with E-state index in [0.29, 0.717) is 11.2 Å². The average Bonchev–Trinajstić information content (AvgIpc) is 2.84. The number of fused-ring (bicyclic) bond motifs is 1. The van der Waals surface area contributed by atoms with E-state index in [4.69, 9.17) is 4.74 Å². The van der Waals surface area contributed by atoms with Crippen LogP contribution in [-0.4, -0.2) is 47.2 Å². The monoisotopic (exact) mass is 319 g/mol. The Kier molecular flexibility index (Phi) is 4.23. The van der Waals surface area contributed by atoms with Crippen LogP contribution >= 0.6 is 0 Å². The number of quaternary nitrogens is 1. The van der Waals surface area contributed by atoms with Gasteiger partial charge in [-0.15, -0.1) is 0 Å². The molecule has 23 heavy (non-hydrogen) atoms. The second-order valence-corrected chi connectivity index (χ2v) is 6.37. The summed E-state index contributed by atoms with van der Waals surface area (Å²) in [4.78, 5) is 30.4. The number of carbonyl (C=O) groups excluding carboxylic acids is 1. The van der Waals surface area contributed by atoms with E-state index in [-0.39, 0.29) is 29.8 Å². The molecule has 0 saturated carbocycles. The molecule has 7 heteroatoms. The molecule has 1 amide bonds. The van der Waals surface area contributed by atoms with Crippen molar-refractivity contribution in [3.63, 3.8) is 0 Å². The molecule has 0 aliphatic carbocycles. The van der Waals surface area contributed by atoms with E-state index < -0.39 is 0 Å². The van der Waals surface area contributed by atoms with E-state index in [0.717, 1.165) is 18.6 Å². The molecular weight excluding hydrogens is 296 g/mol. The highest BCUT2D eigenvalue weighted by Gasteiger charge is 2.32. The standard InChI is InChI=1S/C16H22N4O3/c1-9-7-20(8-10(2)23-9)11(3)15(21)17-12-4-5-13-14(6-12)19-16(22)18-13/h4-6,9-11H,7-8H2,1-3H3,(H,17,21)(H2,18,19,22)/p+1/t9-,10-,11-/m0/s1. The van der Waals surface area contributed by atoms with E-state index in [1.807, 2.05) is 20.8 Å². The zero-order valence-corrected chi connectivity index (χ0v) is 13.6. The second kappa shape index (κ2) is 6.17. The van der Waals surface area contributed by atoms with Gasteiger partial charge in [-0.3, -0.25) is 4.79 Å². The Balaban J connectivity index is 1.70. The van der Waals surface area contributed by atoms with Gasteiger partial charge in [-0.05, 0) is 39.0 Å². The third kappa shape index (κ3) is 3.46. The van der Waals surface area contributed by atoms with Crippen LogP contribution in [0, 0.1) is 0 Å². The first kappa shape index (κ1) is 15.8. The van der Waals surface area contributed by atoms with Gasteiger partial charge in [0.25, 0.3) is 5.91 Å². The van der Waals surface area contributed by atoms with Gasteiger partial charge in [0.15, 0.2) is 6.04 Å². The number of imidazole rings is 1. The predicted molar refractivity (Wildman–Crippen MR) is 87.7 cm³/mol. The van der Waals surface area contributed by atoms with Crippen molar-refractivity contribution in [3.8, 4) is 0 Å². The Bertz CT molecular complexity index is 756. The van der Waals surface area contributed by atoms with Gasteiger partial charge in [-0.25, -0.2) is 4.79 Å². The van der Waals surface area contributed by atoms with Gasteiger partial charge in [0.05, 0.1) is 11.0 Å². The lowest BCUT2D eigenvalue weighted by Gasteiger charge is -2.35. The summed E-state index contributed by atoms with van der Waals surface area (Å²) in [6.07, 6.45) is 0.315. The fourth-order valence-corrected chi connectivity index (χ4v) is 3.21. The molecule has 7 nitrogen and oxygen atoms in total. The largest absolute Gasteiger partial charge is 0.364 e. The summed E-state index contributed by atoms with van der Waals surface area (Å²) < 4.78 is 5.73. The summed E-state index contributed by atoms with van der Waals surface area (Å²) in [5.74, 6) is -0.0291. The van der Waals surface area contributed by atoms with Crippen LogP contribution in [0.1, 0.15) is 20.8 Å². The lowest BCUT2D eigenvalue weighted by molar-refractivity contribution is -0.928. The Labute approximate surface area is 134 Å². The fourth-order valence-electron chi connectivity index (χ4n) is 3.21.